The number of aryl methyl sites for hydroxylation is 1. The zero-order valence-electron chi connectivity index (χ0n) is 16.2. The first-order chi connectivity index (χ1) is 13.0. The SMILES string of the molecule is Cc1c(C)n(-c2ccc(CCC(=O)O)cc2)c(=O)n1CCC1CCNCC1. The summed E-state index contributed by atoms with van der Waals surface area (Å²) >= 11 is 0. The van der Waals surface area contributed by atoms with Crippen molar-refractivity contribution in [3.63, 3.8) is 0 Å². The Kier molecular flexibility index (Phi) is 6.16. The third-order valence-corrected chi connectivity index (χ3v) is 5.73. The van der Waals surface area contributed by atoms with Crippen molar-refractivity contribution in [1.82, 2.24) is 14.5 Å². The van der Waals surface area contributed by atoms with Crippen LogP contribution in [0.2, 0.25) is 0 Å². The quantitative estimate of drug-likeness (QED) is 0.785. The summed E-state index contributed by atoms with van der Waals surface area (Å²) in [6.45, 7) is 6.91. The van der Waals surface area contributed by atoms with E-state index in [1.807, 2.05) is 42.7 Å². The van der Waals surface area contributed by atoms with Crippen molar-refractivity contribution in [2.75, 3.05) is 13.1 Å². The highest BCUT2D eigenvalue weighted by Crippen LogP contribution is 2.19. The molecule has 1 saturated heterocycles. The molecule has 1 aliphatic heterocycles. The molecule has 1 fully saturated rings. The topological polar surface area (TPSA) is 76.3 Å². The minimum atomic E-state index is -0.799. The number of aliphatic carboxylic acids is 1. The molecule has 1 aliphatic rings. The van der Waals surface area contributed by atoms with Gasteiger partial charge in [0.15, 0.2) is 0 Å². The molecule has 1 aromatic heterocycles. The molecule has 0 saturated carbocycles. The largest absolute Gasteiger partial charge is 0.481 e. The molecule has 0 amide bonds. The normalized spacial score (nSPS) is 15.2. The van der Waals surface area contributed by atoms with E-state index in [2.05, 4.69) is 5.32 Å². The highest BCUT2D eigenvalue weighted by Gasteiger charge is 2.18. The molecule has 3 rings (SSSR count). The number of nitrogens with zero attached hydrogens (tertiary/aromatic N) is 2. The Balaban J connectivity index is 1.77. The number of benzene rings is 1. The maximum atomic E-state index is 13.0. The highest BCUT2D eigenvalue weighted by atomic mass is 16.4. The van der Waals surface area contributed by atoms with Crippen LogP contribution in [0.15, 0.2) is 29.1 Å². The van der Waals surface area contributed by atoms with Gasteiger partial charge in [-0.05, 0) is 76.2 Å². The minimum absolute atomic E-state index is 0.0113. The first-order valence-corrected chi connectivity index (χ1v) is 9.78. The second-order valence-electron chi connectivity index (χ2n) is 7.48. The number of rotatable bonds is 7. The summed E-state index contributed by atoms with van der Waals surface area (Å²) < 4.78 is 3.66. The summed E-state index contributed by atoms with van der Waals surface area (Å²) in [6, 6.07) is 7.63. The molecule has 2 aromatic rings. The van der Waals surface area contributed by atoms with Gasteiger partial charge in [-0.1, -0.05) is 12.1 Å². The second-order valence-corrected chi connectivity index (χ2v) is 7.48. The maximum Gasteiger partial charge on any atom is 0.333 e. The number of hydrogen-bond acceptors (Lipinski definition) is 3. The van der Waals surface area contributed by atoms with E-state index >= 15 is 0 Å². The van der Waals surface area contributed by atoms with Crippen LogP contribution < -0.4 is 11.0 Å². The van der Waals surface area contributed by atoms with Crippen LogP contribution in [-0.4, -0.2) is 33.3 Å². The van der Waals surface area contributed by atoms with Crippen LogP contribution in [0.3, 0.4) is 0 Å². The monoisotopic (exact) mass is 371 g/mol. The van der Waals surface area contributed by atoms with Gasteiger partial charge in [0, 0.05) is 24.4 Å². The van der Waals surface area contributed by atoms with Gasteiger partial charge >= 0.3 is 11.7 Å². The van der Waals surface area contributed by atoms with E-state index in [4.69, 9.17) is 5.11 Å². The molecule has 6 heteroatoms. The number of carboxylic acids is 1. The fourth-order valence-electron chi connectivity index (χ4n) is 3.88. The first kappa shape index (κ1) is 19.4. The number of carboxylic acid groups (broad SMARTS) is 1. The molecule has 0 atom stereocenters. The Morgan fingerprint density at radius 2 is 1.81 bits per heavy atom. The van der Waals surface area contributed by atoms with Crippen molar-refractivity contribution in [1.29, 1.82) is 0 Å². The molecule has 0 unspecified atom stereocenters. The number of aromatic nitrogens is 2. The second kappa shape index (κ2) is 8.57. The highest BCUT2D eigenvalue weighted by molar-refractivity contribution is 5.67. The Morgan fingerprint density at radius 3 is 2.44 bits per heavy atom. The molecule has 146 valence electrons. The lowest BCUT2D eigenvalue weighted by atomic mass is 9.95. The van der Waals surface area contributed by atoms with E-state index in [9.17, 15) is 9.59 Å². The third kappa shape index (κ3) is 4.50. The Hall–Kier alpha value is -2.34. The average molecular weight is 371 g/mol. The lowest BCUT2D eigenvalue weighted by molar-refractivity contribution is -0.136. The van der Waals surface area contributed by atoms with Gasteiger partial charge in [-0.25, -0.2) is 4.79 Å². The molecule has 2 N–H and O–H groups in total. The molecular weight excluding hydrogens is 342 g/mol. The van der Waals surface area contributed by atoms with Crippen LogP contribution in [0.4, 0.5) is 0 Å². The summed E-state index contributed by atoms with van der Waals surface area (Å²) in [6.07, 6.45) is 4.03. The predicted molar refractivity (Wildman–Crippen MR) is 106 cm³/mol. The van der Waals surface area contributed by atoms with E-state index in [1.165, 1.54) is 12.8 Å². The Morgan fingerprint density at radius 1 is 1.15 bits per heavy atom. The van der Waals surface area contributed by atoms with E-state index in [1.54, 1.807) is 4.57 Å². The summed E-state index contributed by atoms with van der Waals surface area (Å²) in [5, 5.41) is 12.2. The number of carbonyl (C=O) groups is 1. The summed E-state index contributed by atoms with van der Waals surface area (Å²) in [5.74, 6) is -0.109. The van der Waals surface area contributed by atoms with Crippen molar-refractivity contribution in [2.45, 2.75) is 52.5 Å². The van der Waals surface area contributed by atoms with Gasteiger partial charge in [-0.3, -0.25) is 13.9 Å². The van der Waals surface area contributed by atoms with Gasteiger partial charge < -0.3 is 10.4 Å². The lowest BCUT2D eigenvalue weighted by Crippen LogP contribution is -2.30. The zero-order chi connectivity index (χ0) is 19.4. The van der Waals surface area contributed by atoms with Gasteiger partial charge in [0.05, 0.1) is 5.69 Å². The molecule has 1 aromatic carbocycles. The fraction of sp³-hybridized carbons (Fsp3) is 0.524. The first-order valence-electron chi connectivity index (χ1n) is 9.78. The van der Waals surface area contributed by atoms with Crippen molar-refractivity contribution < 1.29 is 9.90 Å². The van der Waals surface area contributed by atoms with Gasteiger partial charge in [0.25, 0.3) is 0 Å². The average Bonchev–Trinajstić information content (AvgIpc) is 2.88. The zero-order valence-corrected chi connectivity index (χ0v) is 16.2. The van der Waals surface area contributed by atoms with Crippen molar-refractivity contribution >= 4 is 5.97 Å². The van der Waals surface area contributed by atoms with Crippen LogP contribution >= 0.6 is 0 Å². The minimum Gasteiger partial charge on any atom is -0.481 e. The van der Waals surface area contributed by atoms with Crippen LogP contribution in [-0.2, 0) is 17.8 Å². The molecule has 2 heterocycles. The molecule has 0 aliphatic carbocycles. The van der Waals surface area contributed by atoms with Crippen LogP contribution in [0, 0.1) is 19.8 Å². The number of hydrogen-bond donors (Lipinski definition) is 2. The molecule has 6 nitrogen and oxygen atoms in total. The van der Waals surface area contributed by atoms with E-state index in [0.29, 0.717) is 12.3 Å². The smallest absolute Gasteiger partial charge is 0.333 e. The van der Waals surface area contributed by atoms with E-state index in [-0.39, 0.29) is 12.1 Å². The third-order valence-electron chi connectivity index (χ3n) is 5.73. The standard InChI is InChI=1S/C21H29N3O3/c1-15-16(2)24(19-6-3-17(4-7-19)5-8-20(25)26)21(27)23(15)14-11-18-9-12-22-13-10-18/h3-4,6-7,18,22H,5,8-14H2,1-2H3,(H,25,26). The number of imidazole rings is 1. The summed E-state index contributed by atoms with van der Waals surface area (Å²) in [5.41, 5.74) is 3.79. The van der Waals surface area contributed by atoms with Crippen molar-refractivity contribution in [3.8, 4) is 5.69 Å². The van der Waals surface area contributed by atoms with E-state index < -0.39 is 5.97 Å². The lowest BCUT2D eigenvalue weighted by Gasteiger charge is -2.22. The molecule has 0 radical (unpaired) electrons. The van der Waals surface area contributed by atoms with E-state index in [0.717, 1.165) is 48.7 Å². The maximum absolute atomic E-state index is 13.0. The van der Waals surface area contributed by atoms with Gasteiger partial charge in [0.1, 0.15) is 0 Å². The molecule has 0 spiro atoms. The summed E-state index contributed by atoms with van der Waals surface area (Å²) in [4.78, 5) is 23.7. The molecule has 0 bridgehead atoms. The van der Waals surface area contributed by atoms with Crippen molar-refractivity contribution in [2.24, 2.45) is 5.92 Å². The number of piperidine rings is 1. The fourth-order valence-corrected chi connectivity index (χ4v) is 3.88. The summed E-state index contributed by atoms with van der Waals surface area (Å²) in [7, 11) is 0. The van der Waals surface area contributed by atoms with Gasteiger partial charge in [-0.2, -0.15) is 0 Å². The molecule has 27 heavy (non-hydrogen) atoms. The predicted octanol–water partition coefficient (Wildman–Crippen LogP) is 2.66. The van der Waals surface area contributed by atoms with Crippen molar-refractivity contribution in [3.05, 3.63) is 51.7 Å². The van der Waals surface area contributed by atoms with Crippen LogP contribution in [0.25, 0.3) is 5.69 Å². The Labute approximate surface area is 159 Å². The Bertz CT molecular complexity index is 843. The molecular formula is C21H29N3O3. The van der Waals surface area contributed by atoms with Gasteiger partial charge in [-0.15, -0.1) is 0 Å². The van der Waals surface area contributed by atoms with Gasteiger partial charge in [0.2, 0.25) is 0 Å². The van der Waals surface area contributed by atoms with Crippen LogP contribution in [0.5, 0.6) is 0 Å². The number of nitrogens with one attached hydrogen (secondary N) is 1. The van der Waals surface area contributed by atoms with Crippen LogP contribution in [0.1, 0.15) is 42.6 Å².